The largest absolute Gasteiger partial charge is 0.496 e. The van der Waals surface area contributed by atoms with Crippen molar-refractivity contribution in [2.75, 3.05) is 27.4 Å². The molecular formula is C29H28F2N2O6. The van der Waals surface area contributed by atoms with E-state index in [1.165, 1.54) is 6.07 Å². The van der Waals surface area contributed by atoms with Crippen LogP contribution in [0.3, 0.4) is 0 Å². The number of esters is 1. The van der Waals surface area contributed by atoms with Crippen LogP contribution in [-0.2, 0) is 20.9 Å². The second-order valence-corrected chi connectivity index (χ2v) is 8.46. The monoisotopic (exact) mass is 538 g/mol. The Bertz CT molecular complexity index is 1440. The molecule has 0 fully saturated rings. The average molecular weight is 539 g/mol. The minimum Gasteiger partial charge on any atom is -0.496 e. The maximum Gasteiger partial charge on any atom is 0.305 e. The normalized spacial score (nSPS) is 10.9. The summed E-state index contributed by atoms with van der Waals surface area (Å²) in [5, 5.41) is 3.96. The first kappa shape index (κ1) is 27.7. The topological polar surface area (TPSA) is 92.9 Å². The zero-order valence-corrected chi connectivity index (χ0v) is 21.8. The van der Waals surface area contributed by atoms with E-state index in [2.05, 4.69) is 10.1 Å². The van der Waals surface area contributed by atoms with Crippen LogP contribution in [0.1, 0.15) is 25.3 Å². The lowest BCUT2D eigenvalue weighted by atomic mass is 9.97. The molecule has 0 atom stereocenters. The van der Waals surface area contributed by atoms with E-state index in [9.17, 15) is 13.6 Å². The molecule has 0 aliphatic rings. The van der Waals surface area contributed by atoms with Gasteiger partial charge in [0.2, 0.25) is 11.6 Å². The minimum atomic E-state index is -1.14. The van der Waals surface area contributed by atoms with Crippen molar-refractivity contribution >= 4 is 5.97 Å². The van der Waals surface area contributed by atoms with Crippen LogP contribution in [0, 0.1) is 11.6 Å². The predicted molar refractivity (Wildman–Crippen MR) is 139 cm³/mol. The number of rotatable bonds is 12. The van der Waals surface area contributed by atoms with Crippen molar-refractivity contribution in [3.05, 3.63) is 71.8 Å². The highest BCUT2D eigenvalue weighted by Gasteiger charge is 2.19. The van der Waals surface area contributed by atoms with Crippen molar-refractivity contribution < 1.29 is 37.0 Å². The SMILES string of the molecule is CCOC(=O)CCCOc1cc(-c2noc(-c3ccc(-c4ccccc4OC)c(COC)c3)n2)cc(F)c1F. The lowest BCUT2D eigenvalue weighted by molar-refractivity contribution is -0.143. The molecule has 0 aliphatic carbocycles. The summed E-state index contributed by atoms with van der Waals surface area (Å²) in [6.45, 7) is 2.30. The van der Waals surface area contributed by atoms with Crippen LogP contribution >= 0.6 is 0 Å². The van der Waals surface area contributed by atoms with Gasteiger partial charge in [0.15, 0.2) is 11.6 Å². The van der Waals surface area contributed by atoms with Crippen LogP contribution in [0.25, 0.3) is 34.0 Å². The van der Waals surface area contributed by atoms with Gasteiger partial charge in [0.05, 0.1) is 26.9 Å². The maximum atomic E-state index is 14.4. The first-order valence-corrected chi connectivity index (χ1v) is 12.3. The molecule has 0 saturated carbocycles. The van der Waals surface area contributed by atoms with Crippen LogP contribution in [0.4, 0.5) is 8.78 Å². The van der Waals surface area contributed by atoms with Crippen molar-refractivity contribution in [1.82, 2.24) is 10.1 Å². The molecular weight excluding hydrogens is 510 g/mol. The molecule has 204 valence electrons. The molecule has 0 aliphatic heterocycles. The molecule has 0 bridgehead atoms. The number of aromatic nitrogens is 2. The Morgan fingerprint density at radius 2 is 1.79 bits per heavy atom. The van der Waals surface area contributed by atoms with E-state index in [1.54, 1.807) is 21.1 Å². The zero-order chi connectivity index (χ0) is 27.8. The van der Waals surface area contributed by atoms with Gasteiger partial charge in [-0.15, -0.1) is 0 Å². The van der Waals surface area contributed by atoms with Gasteiger partial charge in [0, 0.05) is 30.2 Å². The smallest absolute Gasteiger partial charge is 0.305 e. The number of carbonyl (C=O) groups is 1. The summed E-state index contributed by atoms with van der Waals surface area (Å²) >= 11 is 0. The molecule has 39 heavy (non-hydrogen) atoms. The van der Waals surface area contributed by atoms with Crippen molar-refractivity contribution in [3.63, 3.8) is 0 Å². The highest BCUT2D eigenvalue weighted by atomic mass is 19.2. The molecule has 8 nitrogen and oxygen atoms in total. The van der Waals surface area contributed by atoms with Gasteiger partial charge in [0.25, 0.3) is 5.89 Å². The van der Waals surface area contributed by atoms with Gasteiger partial charge in [-0.3, -0.25) is 4.79 Å². The molecule has 1 aromatic heterocycles. The molecule has 1 heterocycles. The van der Waals surface area contributed by atoms with E-state index in [0.717, 1.165) is 28.5 Å². The second-order valence-electron chi connectivity index (χ2n) is 8.46. The Hall–Kier alpha value is -4.31. The number of carbonyl (C=O) groups excluding carboxylic acids is 1. The summed E-state index contributed by atoms with van der Waals surface area (Å²) in [5.41, 5.74) is 3.49. The summed E-state index contributed by atoms with van der Waals surface area (Å²) in [5.74, 6) is -2.00. The number of halogens is 2. The maximum absolute atomic E-state index is 14.4. The van der Waals surface area contributed by atoms with Gasteiger partial charge < -0.3 is 23.5 Å². The van der Waals surface area contributed by atoms with Crippen molar-refractivity contribution in [2.45, 2.75) is 26.4 Å². The third kappa shape index (κ3) is 6.58. The summed E-state index contributed by atoms with van der Waals surface area (Å²) in [6, 6.07) is 15.5. The first-order valence-electron chi connectivity index (χ1n) is 12.3. The molecule has 0 amide bonds. The number of hydrogen-bond donors (Lipinski definition) is 0. The van der Waals surface area contributed by atoms with Crippen LogP contribution in [-0.4, -0.2) is 43.5 Å². The van der Waals surface area contributed by atoms with Crippen LogP contribution in [0.2, 0.25) is 0 Å². The molecule has 0 radical (unpaired) electrons. The van der Waals surface area contributed by atoms with E-state index in [1.807, 2.05) is 42.5 Å². The van der Waals surface area contributed by atoms with Crippen molar-refractivity contribution in [2.24, 2.45) is 0 Å². The number of para-hydroxylation sites is 1. The van der Waals surface area contributed by atoms with Crippen molar-refractivity contribution in [3.8, 4) is 45.5 Å². The molecule has 0 N–H and O–H groups in total. The lowest BCUT2D eigenvalue weighted by Gasteiger charge is -2.13. The predicted octanol–water partition coefficient (Wildman–Crippen LogP) is 6.23. The van der Waals surface area contributed by atoms with Crippen molar-refractivity contribution in [1.29, 1.82) is 0 Å². The first-order chi connectivity index (χ1) is 18.9. The number of hydrogen-bond acceptors (Lipinski definition) is 8. The molecule has 3 aromatic carbocycles. The van der Waals surface area contributed by atoms with E-state index in [4.69, 9.17) is 23.5 Å². The number of nitrogens with zero attached hydrogens (tertiary/aromatic N) is 2. The Morgan fingerprint density at radius 3 is 2.56 bits per heavy atom. The molecule has 4 aromatic rings. The quantitative estimate of drug-likeness (QED) is 0.155. The van der Waals surface area contributed by atoms with Crippen LogP contribution in [0.5, 0.6) is 11.5 Å². The van der Waals surface area contributed by atoms with Gasteiger partial charge in [0.1, 0.15) is 5.75 Å². The van der Waals surface area contributed by atoms with E-state index < -0.39 is 11.6 Å². The summed E-state index contributed by atoms with van der Waals surface area (Å²) in [7, 11) is 3.21. The highest BCUT2D eigenvalue weighted by Crippen LogP contribution is 2.35. The standard InChI is InChI=1S/C29H28F2N2O6/c1-4-37-26(34)10-7-13-38-25-16-19(15-23(30)27(25)31)28-32-29(39-33-28)18-11-12-21(20(14-18)17-35-2)22-8-5-6-9-24(22)36-3/h5-6,8-9,11-12,14-16H,4,7,10,13,17H2,1-3H3. The van der Waals surface area contributed by atoms with E-state index in [0.29, 0.717) is 12.2 Å². The van der Waals surface area contributed by atoms with Gasteiger partial charge in [-0.25, -0.2) is 4.39 Å². The average Bonchev–Trinajstić information content (AvgIpc) is 3.44. The third-order valence-electron chi connectivity index (χ3n) is 5.82. The zero-order valence-electron chi connectivity index (χ0n) is 21.8. The third-order valence-corrected chi connectivity index (χ3v) is 5.82. The van der Waals surface area contributed by atoms with Gasteiger partial charge in [-0.05, 0) is 54.8 Å². The fourth-order valence-corrected chi connectivity index (χ4v) is 4.02. The Labute approximate surface area is 224 Å². The highest BCUT2D eigenvalue weighted by molar-refractivity contribution is 5.76. The molecule has 0 spiro atoms. The molecule has 10 heteroatoms. The van der Waals surface area contributed by atoms with Gasteiger partial charge in [-0.2, -0.15) is 9.37 Å². The summed E-state index contributed by atoms with van der Waals surface area (Å²) < 4.78 is 55.3. The fraction of sp³-hybridized carbons (Fsp3) is 0.276. The second kappa shape index (κ2) is 13.0. The number of ether oxygens (including phenoxy) is 4. The van der Waals surface area contributed by atoms with Crippen LogP contribution < -0.4 is 9.47 Å². The minimum absolute atomic E-state index is 0.00303. The van der Waals surface area contributed by atoms with E-state index in [-0.39, 0.29) is 55.1 Å². The fourth-order valence-electron chi connectivity index (χ4n) is 4.02. The van der Waals surface area contributed by atoms with Gasteiger partial charge >= 0.3 is 5.97 Å². The lowest BCUT2D eigenvalue weighted by Crippen LogP contribution is -2.07. The molecule has 0 unspecified atom stereocenters. The molecule has 0 saturated heterocycles. The van der Waals surface area contributed by atoms with Gasteiger partial charge in [-0.1, -0.05) is 29.4 Å². The molecule has 4 rings (SSSR count). The number of benzene rings is 3. The summed E-state index contributed by atoms with van der Waals surface area (Å²) in [4.78, 5) is 15.9. The Morgan fingerprint density at radius 1 is 0.974 bits per heavy atom. The van der Waals surface area contributed by atoms with Crippen LogP contribution in [0.15, 0.2) is 59.1 Å². The Balaban J connectivity index is 1.57. The summed E-state index contributed by atoms with van der Waals surface area (Å²) in [6.07, 6.45) is 0.387. The van der Waals surface area contributed by atoms with E-state index >= 15 is 0 Å². The Kier molecular flexibility index (Phi) is 9.22. The number of methoxy groups -OCH3 is 2.